The first kappa shape index (κ1) is 17.4. The van der Waals surface area contributed by atoms with E-state index >= 15 is 0 Å². The van der Waals surface area contributed by atoms with Crippen molar-refractivity contribution in [1.29, 1.82) is 0 Å². The smallest absolute Gasteiger partial charge is 0 e. The molecule has 0 aliphatic carbocycles. The molecular formula is C2H6NaO5PZn. The van der Waals surface area contributed by atoms with Crippen LogP contribution in [0.3, 0.4) is 0 Å². The van der Waals surface area contributed by atoms with Gasteiger partial charge in [-0.05, 0) is 0 Å². The van der Waals surface area contributed by atoms with Crippen molar-refractivity contribution in [2.24, 2.45) is 0 Å². The van der Waals surface area contributed by atoms with Gasteiger partial charge in [0.2, 0.25) is 0 Å². The third kappa shape index (κ3) is 16.1. The van der Waals surface area contributed by atoms with Gasteiger partial charge in [-0.15, -0.1) is 0 Å². The van der Waals surface area contributed by atoms with Gasteiger partial charge in [-0.2, -0.15) is 0 Å². The molecule has 0 bridgehead atoms. The van der Waals surface area contributed by atoms with Crippen LogP contribution >= 0.6 is 7.82 Å². The summed E-state index contributed by atoms with van der Waals surface area (Å²) in [6.07, 6.45) is 0. The van der Waals surface area contributed by atoms with E-state index in [1.165, 1.54) is 0 Å². The van der Waals surface area contributed by atoms with Gasteiger partial charge in [-0.1, -0.05) is 0 Å². The van der Waals surface area contributed by atoms with Crippen LogP contribution in [0.2, 0.25) is 0 Å². The molecule has 0 aliphatic heterocycles. The van der Waals surface area contributed by atoms with Crippen LogP contribution in [0.25, 0.3) is 0 Å². The minimum Gasteiger partial charge on any atom is 0 e. The number of hydrogen-bond acceptors (Lipinski definition) is 3. The quantitative estimate of drug-likeness (QED) is 0.445. The monoisotopic (exact) mass is 228 g/mol. The normalized spacial score (nSPS) is 8.70. The molecule has 0 atom stereocenters. The molecule has 2 N–H and O–H groups in total. The van der Waals surface area contributed by atoms with Gasteiger partial charge in [0, 0.05) is 26.4 Å². The van der Waals surface area contributed by atoms with E-state index in [9.17, 15) is 9.36 Å². The number of phosphoric ester groups is 1. The molecule has 0 saturated heterocycles. The molecular weight excluding hydrogens is 223 g/mol. The van der Waals surface area contributed by atoms with E-state index in [4.69, 9.17) is 9.79 Å². The molecule has 0 amide bonds. The zero-order valence-corrected chi connectivity index (χ0v) is 8.64. The maximum Gasteiger partial charge on any atom is 0 e. The van der Waals surface area contributed by atoms with Gasteiger partial charge in [0.1, 0.15) is 0 Å². The number of rotatable bonds is 1. The minimum atomic E-state index is -4.57. The van der Waals surface area contributed by atoms with Crippen LogP contribution in [0.5, 0.6) is 0 Å². The third-order valence-electron chi connectivity index (χ3n) is 0.247. The number of phosphoric acid groups is 1. The van der Waals surface area contributed by atoms with Crippen LogP contribution < -0.4 is 0 Å². The Hall–Kier alpha value is 1.24. The summed E-state index contributed by atoms with van der Waals surface area (Å²) < 4.78 is 13.2. The molecule has 5 nitrogen and oxygen atoms in total. The average Bonchev–Trinajstić information content (AvgIpc) is 1.21. The van der Waals surface area contributed by atoms with E-state index in [1.54, 1.807) is 0 Å². The van der Waals surface area contributed by atoms with Crippen molar-refractivity contribution in [3.8, 4) is 0 Å². The first-order valence-corrected chi connectivity index (χ1v) is 3.20. The van der Waals surface area contributed by atoms with E-state index in [-0.39, 0.29) is 49.0 Å². The fourth-order valence-corrected chi connectivity index (χ4v) is 0.502. The summed E-state index contributed by atoms with van der Waals surface area (Å²) in [6, 6.07) is 0. The van der Waals surface area contributed by atoms with E-state index in [0.29, 0.717) is 0 Å². The maximum atomic E-state index is 9.74. The predicted molar refractivity (Wildman–Crippen MR) is 31.0 cm³/mol. The second-order valence-electron chi connectivity index (χ2n) is 1.07. The van der Waals surface area contributed by atoms with Gasteiger partial charge in [0.15, 0.2) is 0 Å². The van der Waals surface area contributed by atoms with Gasteiger partial charge in [0.05, 0.1) is 0 Å². The van der Waals surface area contributed by atoms with Crippen LogP contribution in [-0.2, 0) is 33.4 Å². The van der Waals surface area contributed by atoms with E-state index in [2.05, 4.69) is 4.52 Å². The number of carbonyl (C=O) groups excluding carboxylic acids is 1. The average molecular weight is 229 g/mol. The van der Waals surface area contributed by atoms with Gasteiger partial charge in [-0.25, -0.2) is 4.57 Å². The minimum absolute atomic E-state index is 0. The molecule has 0 radical (unpaired) electrons. The number of hydrogen-bond donors (Lipinski definition) is 2. The van der Waals surface area contributed by atoms with E-state index in [1.807, 2.05) is 0 Å². The summed E-state index contributed by atoms with van der Waals surface area (Å²) in [6.45, 7) is 0.916. The summed E-state index contributed by atoms with van der Waals surface area (Å²) in [5.74, 6) is -0.988. The zero-order valence-electron chi connectivity index (χ0n) is 4.77. The first-order chi connectivity index (χ1) is 3.42. The van der Waals surface area contributed by atoms with Crippen molar-refractivity contribution >= 4 is 43.3 Å². The molecule has 0 heterocycles. The molecule has 0 aromatic heterocycles. The van der Waals surface area contributed by atoms with Gasteiger partial charge >= 0.3 is 43.3 Å². The van der Waals surface area contributed by atoms with Crippen molar-refractivity contribution in [1.82, 2.24) is 0 Å². The van der Waals surface area contributed by atoms with Gasteiger partial charge in [-0.3, -0.25) is 14.6 Å². The Morgan fingerprint density at radius 1 is 1.50 bits per heavy atom. The molecule has 0 saturated carbocycles. The Kier molecular flexibility index (Phi) is 12.0. The molecule has 0 unspecified atom stereocenters. The van der Waals surface area contributed by atoms with Crippen molar-refractivity contribution in [3.63, 3.8) is 0 Å². The molecule has 0 aromatic carbocycles. The van der Waals surface area contributed by atoms with E-state index in [0.717, 1.165) is 6.92 Å². The van der Waals surface area contributed by atoms with Crippen molar-refractivity contribution in [3.05, 3.63) is 0 Å². The van der Waals surface area contributed by atoms with Crippen molar-refractivity contribution in [2.45, 2.75) is 6.92 Å². The first-order valence-electron chi connectivity index (χ1n) is 1.67. The van der Waals surface area contributed by atoms with Gasteiger partial charge in [0.25, 0.3) is 0 Å². The van der Waals surface area contributed by atoms with Gasteiger partial charge < -0.3 is 4.52 Å². The van der Waals surface area contributed by atoms with Crippen LogP contribution in [-0.4, -0.2) is 45.3 Å². The third-order valence-corrected chi connectivity index (χ3v) is 0.742. The van der Waals surface area contributed by atoms with Crippen LogP contribution in [0.15, 0.2) is 0 Å². The SMILES string of the molecule is CC(=O)OP(=O)(O)O.[NaH].[Zn]. The molecule has 8 heteroatoms. The fraction of sp³-hybridized carbons (Fsp3) is 0.500. The topological polar surface area (TPSA) is 83.8 Å². The second kappa shape index (κ2) is 6.92. The zero-order chi connectivity index (χ0) is 6.78. The Morgan fingerprint density at radius 3 is 1.80 bits per heavy atom. The molecule has 0 aromatic rings. The van der Waals surface area contributed by atoms with Crippen LogP contribution in [0.1, 0.15) is 6.92 Å². The molecule has 10 heavy (non-hydrogen) atoms. The standard InChI is InChI=1S/C2H5O5P.Na.Zn.H/c1-2(3)7-8(4,5)6;;;/h1H3,(H2,4,5,6);;;. The molecule has 52 valence electrons. The van der Waals surface area contributed by atoms with Crippen molar-refractivity contribution in [2.75, 3.05) is 0 Å². The van der Waals surface area contributed by atoms with E-state index < -0.39 is 13.8 Å². The summed E-state index contributed by atoms with van der Waals surface area (Å²) in [4.78, 5) is 25.5. The Bertz CT molecular complexity index is 143. The summed E-state index contributed by atoms with van der Waals surface area (Å²) >= 11 is 0. The molecule has 0 spiro atoms. The summed E-state index contributed by atoms with van der Waals surface area (Å²) in [7, 11) is -4.57. The maximum absolute atomic E-state index is 9.74. The fourth-order valence-electron chi connectivity index (χ4n) is 0.167. The van der Waals surface area contributed by atoms with Crippen molar-refractivity contribution < 1.29 is 43.1 Å². The predicted octanol–water partition coefficient (Wildman–Crippen LogP) is -1.01. The molecule has 0 rings (SSSR count). The van der Waals surface area contributed by atoms with Crippen LogP contribution in [0, 0.1) is 0 Å². The summed E-state index contributed by atoms with van der Waals surface area (Å²) in [5, 5.41) is 0. The largest absolute Gasteiger partial charge is 0 e. The molecule has 0 aliphatic rings. The van der Waals surface area contributed by atoms with Crippen LogP contribution in [0.4, 0.5) is 0 Å². The molecule has 0 fully saturated rings. The number of carbonyl (C=O) groups is 1. The summed E-state index contributed by atoms with van der Waals surface area (Å²) in [5.41, 5.74) is 0. The second-order valence-corrected chi connectivity index (χ2v) is 2.24. The Balaban J connectivity index is -0.000000245. The Morgan fingerprint density at radius 2 is 1.80 bits per heavy atom. The Labute approximate surface area is 92.8 Å².